The lowest BCUT2D eigenvalue weighted by Gasteiger charge is -2.10. The monoisotopic (exact) mass is 286 g/mol. The van der Waals surface area contributed by atoms with Gasteiger partial charge in [0.15, 0.2) is 5.82 Å². The third-order valence-electron chi connectivity index (χ3n) is 3.33. The van der Waals surface area contributed by atoms with E-state index in [1.54, 1.807) is 12.1 Å². The van der Waals surface area contributed by atoms with Gasteiger partial charge >= 0.3 is 0 Å². The number of aromatic nitrogens is 2. The second-order valence-corrected chi connectivity index (χ2v) is 5.10. The van der Waals surface area contributed by atoms with E-state index in [0.717, 1.165) is 16.7 Å². The Bertz CT molecular complexity index is 795. The van der Waals surface area contributed by atoms with Gasteiger partial charge in [0.1, 0.15) is 11.0 Å². The van der Waals surface area contributed by atoms with Gasteiger partial charge in [0.05, 0.1) is 10.9 Å². The highest BCUT2D eigenvalue weighted by molar-refractivity contribution is 6.34. The minimum Gasteiger partial charge on any atom is -0.228 e. The van der Waals surface area contributed by atoms with E-state index in [4.69, 9.17) is 11.6 Å². The number of hydrogen-bond donors (Lipinski definition) is 0. The number of nitrogens with zero attached hydrogens (tertiary/aromatic N) is 2. The summed E-state index contributed by atoms with van der Waals surface area (Å²) >= 11 is 6.13. The number of hydrogen-bond acceptors (Lipinski definition) is 2. The molecular formula is C16H12ClFN2. The molecule has 1 aromatic heterocycles. The first-order chi connectivity index (χ1) is 9.58. The van der Waals surface area contributed by atoms with Gasteiger partial charge in [-0.25, -0.2) is 14.4 Å². The van der Waals surface area contributed by atoms with Crippen LogP contribution in [0.25, 0.3) is 22.3 Å². The Kier molecular flexibility index (Phi) is 3.14. The van der Waals surface area contributed by atoms with E-state index in [1.165, 1.54) is 6.07 Å². The molecule has 0 atom stereocenters. The standard InChI is InChI=1S/C16H12ClFN2/c1-9-5-3-6-10(2)13(9)16-19-12-8-4-7-11(18)14(12)15(17)20-16/h3-8H,1-2H3. The third kappa shape index (κ3) is 2.04. The Labute approximate surface area is 121 Å². The predicted octanol–water partition coefficient (Wildman–Crippen LogP) is 4.71. The summed E-state index contributed by atoms with van der Waals surface area (Å²) in [5.41, 5.74) is 3.59. The summed E-state index contributed by atoms with van der Waals surface area (Å²) in [6.45, 7) is 3.99. The van der Waals surface area contributed by atoms with Gasteiger partial charge in [-0.15, -0.1) is 0 Å². The molecule has 100 valence electrons. The molecule has 2 nitrogen and oxygen atoms in total. The van der Waals surface area contributed by atoms with Gasteiger partial charge in [0.2, 0.25) is 0 Å². The van der Waals surface area contributed by atoms with Crippen LogP contribution in [-0.2, 0) is 0 Å². The van der Waals surface area contributed by atoms with Crippen LogP contribution in [0.5, 0.6) is 0 Å². The van der Waals surface area contributed by atoms with Crippen LogP contribution in [0.3, 0.4) is 0 Å². The fourth-order valence-electron chi connectivity index (χ4n) is 2.38. The van der Waals surface area contributed by atoms with Gasteiger partial charge in [0, 0.05) is 5.56 Å². The van der Waals surface area contributed by atoms with Crippen molar-refractivity contribution >= 4 is 22.5 Å². The van der Waals surface area contributed by atoms with Crippen LogP contribution in [0.1, 0.15) is 11.1 Å². The molecule has 0 aliphatic heterocycles. The first-order valence-corrected chi connectivity index (χ1v) is 6.64. The number of fused-ring (bicyclic) bond motifs is 1. The molecule has 4 heteroatoms. The molecular weight excluding hydrogens is 275 g/mol. The zero-order valence-electron chi connectivity index (χ0n) is 11.1. The fraction of sp³-hybridized carbons (Fsp3) is 0.125. The topological polar surface area (TPSA) is 25.8 Å². The van der Waals surface area contributed by atoms with E-state index in [-0.39, 0.29) is 10.5 Å². The smallest absolute Gasteiger partial charge is 0.162 e. The summed E-state index contributed by atoms with van der Waals surface area (Å²) in [5, 5.41) is 0.412. The van der Waals surface area contributed by atoms with E-state index in [2.05, 4.69) is 9.97 Å². The largest absolute Gasteiger partial charge is 0.228 e. The third-order valence-corrected chi connectivity index (χ3v) is 3.61. The van der Waals surface area contributed by atoms with Crippen molar-refractivity contribution in [2.75, 3.05) is 0 Å². The van der Waals surface area contributed by atoms with Crippen LogP contribution in [0.4, 0.5) is 4.39 Å². The van der Waals surface area contributed by atoms with Crippen molar-refractivity contribution in [3.8, 4) is 11.4 Å². The van der Waals surface area contributed by atoms with E-state index < -0.39 is 5.82 Å². The summed E-state index contributed by atoms with van der Waals surface area (Å²) in [4.78, 5) is 8.72. The Morgan fingerprint density at radius 2 is 1.60 bits per heavy atom. The molecule has 0 unspecified atom stereocenters. The molecule has 0 aliphatic rings. The second kappa shape index (κ2) is 4.84. The lowest BCUT2D eigenvalue weighted by molar-refractivity contribution is 0.639. The van der Waals surface area contributed by atoms with Crippen molar-refractivity contribution < 1.29 is 4.39 Å². The van der Waals surface area contributed by atoms with Crippen molar-refractivity contribution in [1.29, 1.82) is 0 Å². The summed E-state index contributed by atoms with van der Waals surface area (Å²) in [6.07, 6.45) is 0. The summed E-state index contributed by atoms with van der Waals surface area (Å²) in [7, 11) is 0. The van der Waals surface area contributed by atoms with Crippen LogP contribution < -0.4 is 0 Å². The normalized spacial score (nSPS) is 11.0. The Balaban J connectivity index is 2.34. The predicted molar refractivity (Wildman–Crippen MR) is 79.4 cm³/mol. The van der Waals surface area contributed by atoms with Crippen molar-refractivity contribution in [3.05, 3.63) is 58.5 Å². The molecule has 0 N–H and O–H groups in total. The molecule has 0 radical (unpaired) electrons. The molecule has 0 fully saturated rings. The van der Waals surface area contributed by atoms with E-state index in [0.29, 0.717) is 11.3 Å². The van der Waals surface area contributed by atoms with Crippen molar-refractivity contribution in [3.63, 3.8) is 0 Å². The lowest BCUT2D eigenvalue weighted by atomic mass is 10.0. The molecule has 20 heavy (non-hydrogen) atoms. The minimum absolute atomic E-state index is 0.144. The molecule has 2 aromatic carbocycles. The highest BCUT2D eigenvalue weighted by Gasteiger charge is 2.14. The van der Waals surface area contributed by atoms with Crippen LogP contribution in [0.2, 0.25) is 5.15 Å². The van der Waals surface area contributed by atoms with Crippen molar-refractivity contribution in [2.45, 2.75) is 13.8 Å². The maximum atomic E-state index is 13.8. The highest BCUT2D eigenvalue weighted by atomic mass is 35.5. The van der Waals surface area contributed by atoms with Gasteiger partial charge in [-0.3, -0.25) is 0 Å². The molecule has 0 spiro atoms. The second-order valence-electron chi connectivity index (χ2n) is 4.74. The molecule has 0 saturated carbocycles. The molecule has 3 aromatic rings. The van der Waals surface area contributed by atoms with Crippen molar-refractivity contribution in [2.24, 2.45) is 0 Å². The van der Waals surface area contributed by atoms with Gasteiger partial charge in [-0.05, 0) is 37.1 Å². The number of halogens is 2. The van der Waals surface area contributed by atoms with Crippen LogP contribution in [0.15, 0.2) is 36.4 Å². The fourth-order valence-corrected chi connectivity index (χ4v) is 2.64. The molecule has 1 heterocycles. The van der Waals surface area contributed by atoms with Gasteiger partial charge in [-0.1, -0.05) is 35.9 Å². The minimum atomic E-state index is -0.402. The van der Waals surface area contributed by atoms with Crippen LogP contribution in [-0.4, -0.2) is 9.97 Å². The number of benzene rings is 2. The Morgan fingerprint density at radius 3 is 2.30 bits per heavy atom. The average Bonchev–Trinajstić information content (AvgIpc) is 2.38. The lowest BCUT2D eigenvalue weighted by Crippen LogP contribution is -1.97. The van der Waals surface area contributed by atoms with Gasteiger partial charge < -0.3 is 0 Å². The first-order valence-electron chi connectivity index (χ1n) is 6.26. The van der Waals surface area contributed by atoms with Gasteiger partial charge in [0.25, 0.3) is 0 Å². The maximum Gasteiger partial charge on any atom is 0.162 e. The quantitative estimate of drug-likeness (QED) is 0.606. The highest BCUT2D eigenvalue weighted by Crippen LogP contribution is 2.29. The maximum absolute atomic E-state index is 13.8. The number of rotatable bonds is 1. The van der Waals surface area contributed by atoms with E-state index in [9.17, 15) is 4.39 Å². The summed E-state index contributed by atoms with van der Waals surface area (Å²) < 4.78 is 13.8. The zero-order valence-corrected chi connectivity index (χ0v) is 11.9. The molecule has 0 saturated heterocycles. The Morgan fingerprint density at radius 1 is 0.950 bits per heavy atom. The van der Waals surface area contributed by atoms with Crippen LogP contribution >= 0.6 is 11.6 Å². The zero-order chi connectivity index (χ0) is 14.3. The summed E-state index contributed by atoms with van der Waals surface area (Å²) in [6, 6.07) is 10.7. The average molecular weight is 287 g/mol. The first kappa shape index (κ1) is 13.0. The molecule has 0 aliphatic carbocycles. The summed E-state index contributed by atoms with van der Waals surface area (Å²) in [5.74, 6) is 0.129. The molecule has 0 amide bonds. The van der Waals surface area contributed by atoms with Crippen LogP contribution in [0, 0.1) is 19.7 Å². The van der Waals surface area contributed by atoms with Crippen molar-refractivity contribution in [1.82, 2.24) is 9.97 Å². The van der Waals surface area contributed by atoms with E-state index in [1.807, 2.05) is 32.0 Å². The van der Waals surface area contributed by atoms with Gasteiger partial charge in [-0.2, -0.15) is 0 Å². The SMILES string of the molecule is Cc1cccc(C)c1-c1nc(Cl)c2c(F)cccc2n1. The number of aryl methyl sites for hydroxylation is 2. The molecule has 0 bridgehead atoms. The molecule has 3 rings (SSSR count). The Hall–Kier alpha value is -2.00. The van der Waals surface area contributed by atoms with E-state index >= 15 is 0 Å².